The monoisotopic (exact) mass is 241 g/mol. The van der Waals surface area contributed by atoms with E-state index in [2.05, 4.69) is 24.5 Å². The molecule has 0 saturated heterocycles. The molecule has 0 amide bonds. The third-order valence-corrected chi connectivity index (χ3v) is 1.97. The highest BCUT2D eigenvalue weighted by atomic mass is 16.5. The number of hydrogen-bond acceptors (Lipinski definition) is 3. The molecular weight excluding hydrogens is 226 g/mol. The Labute approximate surface area is 107 Å². The maximum absolute atomic E-state index is 10.6. The summed E-state index contributed by atoms with van der Waals surface area (Å²) in [5.74, 6) is -0.619. The minimum Gasteiger partial charge on any atom is -0.465 e. The van der Waals surface area contributed by atoms with Crippen LogP contribution in [0.2, 0.25) is 0 Å². The highest BCUT2D eigenvalue weighted by Crippen LogP contribution is 2.04. The molecule has 0 aromatic heterocycles. The molecule has 18 heavy (non-hydrogen) atoms. The zero-order valence-corrected chi connectivity index (χ0v) is 10.3. The Morgan fingerprint density at radius 3 is 2.22 bits per heavy atom. The number of esters is 1. The Balaban J connectivity index is 0.000000327. The van der Waals surface area contributed by atoms with Crippen LogP contribution in [0.1, 0.15) is 5.56 Å². The van der Waals surface area contributed by atoms with Gasteiger partial charge in [-0.05, 0) is 5.56 Å². The number of nitriles is 1. The van der Waals surface area contributed by atoms with Crippen molar-refractivity contribution in [2.45, 2.75) is 0 Å². The van der Waals surface area contributed by atoms with Crippen molar-refractivity contribution in [1.82, 2.24) is 0 Å². The van der Waals surface area contributed by atoms with Crippen LogP contribution in [0, 0.1) is 11.3 Å². The van der Waals surface area contributed by atoms with Crippen LogP contribution in [0.15, 0.2) is 61.2 Å². The van der Waals surface area contributed by atoms with Gasteiger partial charge in [-0.15, -0.1) is 0 Å². The average Bonchev–Trinajstić information content (AvgIpc) is 2.46. The van der Waals surface area contributed by atoms with Gasteiger partial charge >= 0.3 is 5.97 Å². The Bertz CT molecular complexity index is 481. The summed E-state index contributed by atoms with van der Waals surface area (Å²) in [4.78, 5) is 10.6. The summed E-state index contributed by atoms with van der Waals surface area (Å²) in [6.07, 6.45) is 1.83. The number of ether oxygens (including phenoxy) is 1. The predicted molar refractivity (Wildman–Crippen MR) is 72.4 cm³/mol. The van der Waals surface area contributed by atoms with Crippen LogP contribution in [0.25, 0.3) is 6.08 Å². The Hall–Kier alpha value is -2.60. The molecule has 0 heterocycles. The van der Waals surface area contributed by atoms with Crippen LogP contribution >= 0.6 is 0 Å². The number of rotatable bonds is 3. The molecular formula is C15H15NO2. The lowest BCUT2D eigenvalue weighted by Gasteiger charge is -1.97. The van der Waals surface area contributed by atoms with E-state index < -0.39 is 5.97 Å². The van der Waals surface area contributed by atoms with Gasteiger partial charge in [-0.25, -0.2) is 4.79 Å². The quantitative estimate of drug-likeness (QED) is 0.353. The van der Waals surface area contributed by atoms with Crippen LogP contribution in [-0.2, 0) is 9.53 Å². The third-order valence-electron chi connectivity index (χ3n) is 1.97. The van der Waals surface area contributed by atoms with Gasteiger partial charge in [-0.3, -0.25) is 0 Å². The van der Waals surface area contributed by atoms with E-state index in [9.17, 15) is 4.79 Å². The second-order valence-electron chi connectivity index (χ2n) is 3.18. The smallest absolute Gasteiger partial charge is 0.338 e. The zero-order valence-electron chi connectivity index (χ0n) is 10.3. The summed E-state index contributed by atoms with van der Waals surface area (Å²) in [7, 11) is 1.22. The first-order valence-corrected chi connectivity index (χ1v) is 5.10. The van der Waals surface area contributed by atoms with E-state index in [1.54, 1.807) is 6.07 Å². The minimum atomic E-state index is -0.619. The van der Waals surface area contributed by atoms with Gasteiger partial charge in [-0.2, -0.15) is 5.26 Å². The van der Waals surface area contributed by atoms with E-state index in [1.165, 1.54) is 12.7 Å². The van der Waals surface area contributed by atoms with Crippen molar-refractivity contribution in [2.75, 3.05) is 7.11 Å². The fraction of sp³-hybridized carbons (Fsp3) is 0.0667. The highest BCUT2D eigenvalue weighted by molar-refractivity contribution is 5.93. The molecule has 1 rings (SSSR count). The molecule has 3 nitrogen and oxygen atoms in total. The summed E-state index contributed by atoms with van der Waals surface area (Å²) in [5.41, 5.74) is 1.21. The molecule has 0 N–H and O–H groups in total. The van der Waals surface area contributed by atoms with Gasteiger partial charge in [0.25, 0.3) is 0 Å². The predicted octanol–water partition coefficient (Wildman–Crippen LogP) is 3.12. The SMILES string of the molecule is C=C(C#N)C(=C)C(=O)OC.C=Cc1ccccc1. The van der Waals surface area contributed by atoms with Gasteiger partial charge < -0.3 is 4.74 Å². The third kappa shape index (κ3) is 5.47. The molecule has 0 radical (unpaired) electrons. The topological polar surface area (TPSA) is 50.1 Å². The van der Waals surface area contributed by atoms with E-state index in [4.69, 9.17) is 5.26 Å². The van der Waals surface area contributed by atoms with E-state index in [1.807, 2.05) is 36.4 Å². The van der Waals surface area contributed by atoms with Crippen LogP contribution in [0.5, 0.6) is 0 Å². The normalized spacial score (nSPS) is 8.00. The fourth-order valence-electron chi connectivity index (χ4n) is 0.903. The Kier molecular flexibility index (Phi) is 7.31. The molecule has 0 aliphatic rings. The lowest BCUT2D eigenvalue weighted by molar-refractivity contribution is -0.135. The van der Waals surface area contributed by atoms with Crippen LogP contribution in [-0.4, -0.2) is 13.1 Å². The Morgan fingerprint density at radius 2 is 1.89 bits per heavy atom. The number of hydrogen-bond donors (Lipinski definition) is 0. The molecule has 0 spiro atoms. The molecule has 1 aromatic rings. The molecule has 0 saturated carbocycles. The maximum atomic E-state index is 10.6. The number of carbonyl (C=O) groups is 1. The number of benzene rings is 1. The van der Waals surface area contributed by atoms with Crippen LogP contribution in [0.4, 0.5) is 0 Å². The molecule has 0 atom stereocenters. The van der Waals surface area contributed by atoms with Crippen molar-refractivity contribution in [3.8, 4) is 6.07 Å². The van der Waals surface area contributed by atoms with Crippen molar-refractivity contribution < 1.29 is 9.53 Å². The average molecular weight is 241 g/mol. The molecule has 0 unspecified atom stereocenters. The maximum Gasteiger partial charge on any atom is 0.338 e. The molecule has 0 aliphatic heterocycles. The lowest BCUT2D eigenvalue weighted by atomic mass is 10.1. The zero-order chi connectivity index (χ0) is 14.0. The first-order valence-electron chi connectivity index (χ1n) is 5.10. The van der Waals surface area contributed by atoms with E-state index in [0.29, 0.717) is 0 Å². The molecule has 0 aliphatic carbocycles. The van der Waals surface area contributed by atoms with E-state index in [-0.39, 0.29) is 11.1 Å². The number of nitrogens with zero attached hydrogens (tertiary/aromatic N) is 1. The van der Waals surface area contributed by atoms with Gasteiger partial charge in [-0.1, -0.05) is 56.1 Å². The Morgan fingerprint density at radius 1 is 1.33 bits per heavy atom. The van der Waals surface area contributed by atoms with Gasteiger partial charge in [0.15, 0.2) is 0 Å². The van der Waals surface area contributed by atoms with Gasteiger partial charge in [0.2, 0.25) is 0 Å². The first kappa shape index (κ1) is 15.4. The van der Waals surface area contributed by atoms with E-state index in [0.717, 1.165) is 0 Å². The first-order chi connectivity index (χ1) is 8.56. The lowest BCUT2D eigenvalue weighted by Crippen LogP contribution is -2.04. The molecule has 0 fully saturated rings. The van der Waals surface area contributed by atoms with Crippen molar-refractivity contribution in [3.63, 3.8) is 0 Å². The van der Waals surface area contributed by atoms with E-state index >= 15 is 0 Å². The standard InChI is InChI=1S/C8H8.C7H7NO2/c1-2-8-6-4-3-5-7-8;1-5(4-8)6(2)7(9)10-3/h2-7H,1H2;1-2H2,3H3. The second-order valence-corrected chi connectivity index (χ2v) is 3.18. The molecule has 92 valence electrons. The summed E-state index contributed by atoms with van der Waals surface area (Å²) in [6.45, 7) is 10.2. The van der Waals surface area contributed by atoms with Gasteiger partial charge in [0, 0.05) is 0 Å². The van der Waals surface area contributed by atoms with Gasteiger partial charge in [0.05, 0.1) is 24.3 Å². The van der Waals surface area contributed by atoms with Crippen molar-refractivity contribution in [2.24, 2.45) is 0 Å². The van der Waals surface area contributed by atoms with Crippen molar-refractivity contribution in [1.29, 1.82) is 5.26 Å². The summed E-state index contributed by atoms with van der Waals surface area (Å²) >= 11 is 0. The minimum absolute atomic E-state index is 0.00463. The van der Waals surface area contributed by atoms with Crippen molar-refractivity contribution in [3.05, 3.63) is 66.8 Å². The molecule has 3 heteroatoms. The highest BCUT2D eigenvalue weighted by Gasteiger charge is 2.08. The van der Waals surface area contributed by atoms with Crippen molar-refractivity contribution >= 4 is 12.0 Å². The van der Waals surface area contributed by atoms with Crippen LogP contribution in [0.3, 0.4) is 0 Å². The largest absolute Gasteiger partial charge is 0.465 e. The summed E-state index contributed by atoms with van der Waals surface area (Å²) < 4.78 is 4.28. The fourth-order valence-corrected chi connectivity index (χ4v) is 0.903. The molecule has 0 bridgehead atoms. The number of methoxy groups -OCH3 is 1. The number of carbonyl (C=O) groups excluding carboxylic acids is 1. The summed E-state index contributed by atoms with van der Waals surface area (Å²) in [6, 6.07) is 11.7. The second kappa shape index (κ2) is 8.54. The summed E-state index contributed by atoms with van der Waals surface area (Å²) in [5, 5.41) is 8.23. The molecule has 1 aromatic carbocycles. The van der Waals surface area contributed by atoms with Gasteiger partial charge in [0.1, 0.15) is 0 Å². The van der Waals surface area contributed by atoms with Crippen LogP contribution < -0.4 is 0 Å².